The molecule has 15 heteroatoms. The first kappa shape index (κ1) is 45.0. The second-order valence-corrected chi connectivity index (χ2v) is 18.8. The van der Waals surface area contributed by atoms with E-state index in [1.165, 1.54) is 11.0 Å². The fraction of sp³-hybridized carbons (Fsp3) is 0.674. The third-order valence-corrected chi connectivity index (χ3v) is 14.0. The van der Waals surface area contributed by atoms with Crippen molar-refractivity contribution in [3.8, 4) is 0 Å². The minimum absolute atomic E-state index is 0.000424. The molecule has 5 fully saturated rings. The van der Waals surface area contributed by atoms with Gasteiger partial charge < -0.3 is 43.7 Å². The maximum atomic E-state index is 14.9. The number of pyridine rings is 1. The van der Waals surface area contributed by atoms with E-state index in [4.69, 9.17) is 28.4 Å². The molecule has 2 aromatic rings. The third kappa shape index (κ3) is 8.70. The van der Waals surface area contributed by atoms with Crippen molar-refractivity contribution in [2.45, 2.75) is 135 Å². The average Bonchev–Trinajstić information content (AvgIpc) is 3.49. The number of fused-ring (bicyclic) bond motifs is 6. The van der Waals surface area contributed by atoms with Crippen LogP contribution in [0.3, 0.4) is 0 Å². The Morgan fingerprint density at radius 3 is 2.54 bits per heavy atom. The molecule has 7 rings (SSSR count). The molecule has 3 unspecified atom stereocenters. The van der Waals surface area contributed by atoms with Crippen molar-refractivity contribution >= 4 is 40.3 Å². The number of aromatic nitrogens is 1. The molecule has 6 heterocycles. The van der Waals surface area contributed by atoms with Crippen LogP contribution >= 0.6 is 0 Å². The molecule has 1 aromatic carbocycles. The molecule has 0 saturated carbocycles. The predicted molar refractivity (Wildman–Crippen MR) is 225 cm³/mol. The molecule has 61 heavy (non-hydrogen) atoms. The molecule has 5 saturated heterocycles. The number of ketones is 1. The fourth-order valence-electron chi connectivity index (χ4n) is 10.8. The van der Waals surface area contributed by atoms with E-state index in [-0.39, 0.29) is 50.5 Å². The maximum Gasteiger partial charge on any atom is 0.411 e. The number of nitrogens with zero attached hydrogens (tertiary/aromatic N) is 3. The van der Waals surface area contributed by atoms with Gasteiger partial charge in [0.05, 0.1) is 66.5 Å². The van der Waals surface area contributed by atoms with E-state index in [9.17, 15) is 24.3 Å². The summed E-state index contributed by atoms with van der Waals surface area (Å²) in [5.74, 6) is -4.68. The first-order chi connectivity index (χ1) is 28.8. The van der Waals surface area contributed by atoms with Gasteiger partial charge in [0.1, 0.15) is 18.0 Å². The van der Waals surface area contributed by atoms with Crippen molar-refractivity contribution in [1.29, 1.82) is 0 Å². The molecule has 0 aliphatic carbocycles. The van der Waals surface area contributed by atoms with E-state index in [0.29, 0.717) is 17.7 Å². The summed E-state index contributed by atoms with van der Waals surface area (Å²) >= 11 is 0. The lowest BCUT2D eigenvalue weighted by molar-refractivity contribution is -0.302. The van der Waals surface area contributed by atoms with Crippen LogP contribution in [0.15, 0.2) is 48.2 Å². The summed E-state index contributed by atoms with van der Waals surface area (Å²) in [6.45, 7) is 14.6. The maximum absolute atomic E-state index is 14.9. The molecule has 1 aromatic heterocycles. The number of aliphatic hydroxyl groups is 1. The smallest absolute Gasteiger partial charge is 0.411 e. The Labute approximate surface area is 358 Å². The Morgan fingerprint density at radius 1 is 1.08 bits per heavy atom. The number of nitrogens with one attached hydrogen (secondary N) is 1. The summed E-state index contributed by atoms with van der Waals surface area (Å²) in [7, 11) is 3.81. The Hall–Kier alpha value is -3.99. The number of benzene rings is 1. The van der Waals surface area contributed by atoms with E-state index in [0.717, 1.165) is 10.9 Å². The van der Waals surface area contributed by atoms with Crippen LogP contribution in [-0.4, -0.2) is 138 Å². The monoisotopic (exact) mass is 848 g/mol. The van der Waals surface area contributed by atoms with Gasteiger partial charge in [-0.05, 0) is 78.8 Å². The van der Waals surface area contributed by atoms with E-state index < -0.39 is 95.5 Å². The molecule has 2 amide bonds. The minimum Gasteiger partial charge on any atom is -0.458 e. The Bertz CT molecular complexity index is 2010. The normalized spacial score (nSPS) is 40.5. The molecule has 15 atom stereocenters. The molecular weight excluding hydrogens is 785 g/mol. The van der Waals surface area contributed by atoms with Gasteiger partial charge in [0.2, 0.25) is 5.91 Å². The molecule has 5 aliphatic heterocycles. The quantitative estimate of drug-likeness (QED) is 0.290. The zero-order valence-electron chi connectivity index (χ0n) is 37.2. The number of likely N-dealkylation sites (N-methyl/N-ethyl adjacent to an activating group) is 1. The van der Waals surface area contributed by atoms with Gasteiger partial charge in [-0.3, -0.25) is 24.3 Å². The van der Waals surface area contributed by atoms with Crippen LogP contribution in [0, 0.1) is 29.6 Å². The van der Waals surface area contributed by atoms with Crippen molar-refractivity contribution in [1.82, 2.24) is 14.8 Å². The number of aliphatic hydroxyl groups excluding tert-OH is 1. The van der Waals surface area contributed by atoms with Gasteiger partial charge in [0.25, 0.3) is 0 Å². The Morgan fingerprint density at radius 2 is 1.82 bits per heavy atom. The summed E-state index contributed by atoms with van der Waals surface area (Å²) in [6, 6.07) is 8.28. The van der Waals surface area contributed by atoms with Crippen molar-refractivity contribution in [3.63, 3.8) is 0 Å². The van der Waals surface area contributed by atoms with Crippen molar-refractivity contribution in [3.05, 3.63) is 48.2 Å². The first-order valence-corrected chi connectivity index (χ1v) is 21.9. The molecule has 0 spiro atoms. The summed E-state index contributed by atoms with van der Waals surface area (Å²) < 4.78 is 39.8. The SMILES string of the molecule is CC[C@H]1OC(=O)[C@H](C)[C@H]2OCC3COC(C)(C[C@@H](C)C(=O)[C@H](C)[C@@H]4N(C/C3=C/C(=O)Nc3cnc5ccccc5c3)C(=O)OC41C)[C@H](O[C@@H]1O[C@H](C)C[C@H](N(C)C)[C@H]1O)[C@H]2C. The molecule has 6 bridgehead atoms. The van der Waals surface area contributed by atoms with Crippen molar-refractivity contribution in [2.24, 2.45) is 29.6 Å². The number of cyclic esters (lactones) is 1. The van der Waals surface area contributed by atoms with Crippen LogP contribution in [0.5, 0.6) is 0 Å². The number of anilines is 1. The number of para-hydroxylation sites is 1. The highest BCUT2D eigenvalue weighted by atomic mass is 16.7. The van der Waals surface area contributed by atoms with Crippen molar-refractivity contribution in [2.75, 3.05) is 39.2 Å². The largest absolute Gasteiger partial charge is 0.458 e. The number of hydrogen-bond acceptors (Lipinski definition) is 13. The lowest BCUT2D eigenvalue weighted by Gasteiger charge is -2.48. The second-order valence-electron chi connectivity index (χ2n) is 18.8. The number of amides is 2. The van der Waals surface area contributed by atoms with Crippen LogP contribution in [0.2, 0.25) is 0 Å². The highest BCUT2D eigenvalue weighted by molar-refractivity contribution is 6.01. The highest BCUT2D eigenvalue weighted by Crippen LogP contribution is 2.46. The highest BCUT2D eigenvalue weighted by Gasteiger charge is 2.61. The Kier molecular flexibility index (Phi) is 13.0. The van der Waals surface area contributed by atoms with E-state index in [1.807, 2.05) is 83.9 Å². The first-order valence-electron chi connectivity index (χ1n) is 21.9. The standard InChI is InChI=1S/C46H64N4O11/c1-11-35-46(8)40-26(4)37(52)24(2)19-45(7)41(60-43-38(53)34(49(9)10)16-25(3)58-43)27(5)39(28(6)42(54)59-35)56-22-31(23-57-45)30(21-50(40)44(55)61-46)18-36(51)48-32-17-29-14-12-13-15-33(29)47-20-32/h12-15,17-18,20,24-28,31,34-35,38-41,43,53H,11,16,19,21-23H2,1-10H3,(H,48,51)/b30-18-/t24-,25-,26+,27+,28-,31?,34+,35-,38-,39+,40+,41-,43+,45?,46?/m1/s1. The van der Waals surface area contributed by atoms with Crippen molar-refractivity contribution < 1.29 is 52.7 Å². The van der Waals surface area contributed by atoms with Gasteiger partial charge in [-0.2, -0.15) is 0 Å². The van der Waals surface area contributed by atoms with Crippen LogP contribution < -0.4 is 5.32 Å². The zero-order valence-corrected chi connectivity index (χ0v) is 37.2. The van der Waals surface area contributed by atoms with Crippen LogP contribution in [0.1, 0.15) is 74.7 Å². The fourth-order valence-corrected chi connectivity index (χ4v) is 10.8. The molecule has 15 nitrogen and oxygen atoms in total. The number of hydrogen-bond donors (Lipinski definition) is 2. The average molecular weight is 849 g/mol. The van der Waals surface area contributed by atoms with Gasteiger partial charge in [-0.25, -0.2) is 4.79 Å². The molecular formula is C46H64N4O11. The molecule has 5 aliphatic rings. The summed E-state index contributed by atoms with van der Waals surface area (Å²) in [5, 5.41) is 15.5. The number of carbonyl (C=O) groups is 4. The molecule has 334 valence electrons. The van der Waals surface area contributed by atoms with Gasteiger partial charge in [0.15, 0.2) is 11.9 Å². The number of ether oxygens (including phenoxy) is 6. The number of carbonyl (C=O) groups excluding carboxylic acids is 4. The minimum atomic E-state index is -1.43. The topological polar surface area (TPSA) is 175 Å². The summed E-state index contributed by atoms with van der Waals surface area (Å²) in [6.07, 6.45) is -1.57. The van der Waals surface area contributed by atoms with E-state index in [2.05, 4.69) is 10.3 Å². The van der Waals surface area contributed by atoms with Gasteiger partial charge >= 0.3 is 12.1 Å². The number of esters is 1. The van der Waals surface area contributed by atoms with Gasteiger partial charge in [-0.15, -0.1) is 0 Å². The van der Waals surface area contributed by atoms with Gasteiger partial charge in [0, 0.05) is 47.7 Å². The Balaban J connectivity index is 1.39. The number of Topliss-reactive ketones (excluding diaryl/α,β-unsaturated/α-hetero) is 1. The lowest BCUT2D eigenvalue weighted by atomic mass is 9.72. The van der Waals surface area contributed by atoms with Crippen LogP contribution in [0.25, 0.3) is 10.9 Å². The van der Waals surface area contributed by atoms with E-state index in [1.54, 1.807) is 27.0 Å². The number of rotatable bonds is 6. The predicted octanol–water partition coefficient (Wildman–Crippen LogP) is 5.13. The van der Waals surface area contributed by atoms with Crippen LogP contribution in [-0.2, 0) is 42.8 Å². The molecule has 0 radical (unpaired) electrons. The van der Waals surface area contributed by atoms with E-state index >= 15 is 0 Å². The van der Waals surface area contributed by atoms with Crippen LogP contribution in [0.4, 0.5) is 10.5 Å². The second kappa shape index (κ2) is 17.6. The molecule has 2 N–H and O–H groups in total. The lowest BCUT2D eigenvalue weighted by Crippen LogP contribution is -2.61. The summed E-state index contributed by atoms with van der Waals surface area (Å²) in [4.78, 5) is 65.7. The van der Waals surface area contributed by atoms with Gasteiger partial charge in [-0.1, -0.05) is 45.9 Å². The summed E-state index contributed by atoms with van der Waals surface area (Å²) in [5.41, 5.74) is -0.901. The zero-order chi connectivity index (χ0) is 44.1. The third-order valence-electron chi connectivity index (χ3n) is 14.0.